The molecule has 3 nitrogen and oxygen atoms in total. The van der Waals surface area contributed by atoms with E-state index >= 15 is 0 Å². The molecule has 78 valence electrons. The van der Waals surface area contributed by atoms with Gasteiger partial charge in [-0.15, -0.1) is 0 Å². The highest BCUT2D eigenvalue weighted by Crippen LogP contribution is 2.22. The van der Waals surface area contributed by atoms with E-state index in [0.29, 0.717) is 23.0 Å². The third-order valence-corrected chi connectivity index (χ3v) is 2.47. The number of hydrogen-bond donors (Lipinski definition) is 1. The molecule has 0 saturated heterocycles. The standard InChI is InChI=1S/C12H13NO2/c1-2-5-9-8-12(14)10-6-3-4-7-11(10)13(9)15/h3-4,6-8,14H,2,5H2,1H3. The van der Waals surface area contributed by atoms with Crippen molar-refractivity contribution in [2.24, 2.45) is 0 Å². The van der Waals surface area contributed by atoms with Crippen molar-refractivity contribution in [3.63, 3.8) is 0 Å². The molecule has 1 aromatic carbocycles. The second kappa shape index (κ2) is 3.77. The van der Waals surface area contributed by atoms with Gasteiger partial charge >= 0.3 is 0 Å². The Bertz CT molecular complexity index is 494. The van der Waals surface area contributed by atoms with Crippen LogP contribution in [0.2, 0.25) is 0 Å². The van der Waals surface area contributed by atoms with Crippen LogP contribution in [-0.4, -0.2) is 5.11 Å². The molecule has 0 fully saturated rings. The van der Waals surface area contributed by atoms with Crippen molar-refractivity contribution < 1.29 is 9.84 Å². The lowest BCUT2D eigenvalue weighted by molar-refractivity contribution is -0.586. The summed E-state index contributed by atoms with van der Waals surface area (Å²) in [5, 5.41) is 22.2. The van der Waals surface area contributed by atoms with Crippen LogP contribution in [0.3, 0.4) is 0 Å². The molecule has 2 aromatic rings. The van der Waals surface area contributed by atoms with E-state index in [1.807, 2.05) is 13.0 Å². The lowest BCUT2D eigenvalue weighted by Gasteiger charge is -2.08. The monoisotopic (exact) mass is 203 g/mol. The predicted molar refractivity (Wildman–Crippen MR) is 58.6 cm³/mol. The van der Waals surface area contributed by atoms with E-state index in [2.05, 4.69) is 0 Å². The van der Waals surface area contributed by atoms with Gasteiger partial charge in [-0.25, -0.2) is 0 Å². The highest BCUT2D eigenvalue weighted by atomic mass is 16.5. The lowest BCUT2D eigenvalue weighted by atomic mass is 10.1. The molecule has 0 spiro atoms. The first-order valence-corrected chi connectivity index (χ1v) is 5.07. The molecule has 0 aliphatic rings. The third-order valence-electron chi connectivity index (χ3n) is 2.47. The highest BCUT2D eigenvalue weighted by molar-refractivity contribution is 5.82. The Labute approximate surface area is 88.2 Å². The number of para-hydroxylation sites is 1. The number of aryl methyl sites for hydroxylation is 1. The summed E-state index contributed by atoms with van der Waals surface area (Å²) in [6, 6.07) is 8.63. The Morgan fingerprint density at radius 1 is 1.33 bits per heavy atom. The number of rotatable bonds is 2. The summed E-state index contributed by atoms with van der Waals surface area (Å²) in [6.07, 6.45) is 1.57. The topological polar surface area (TPSA) is 47.2 Å². The molecule has 2 rings (SSSR count). The van der Waals surface area contributed by atoms with Crippen LogP contribution in [0.15, 0.2) is 30.3 Å². The number of nitrogens with zero attached hydrogens (tertiary/aromatic N) is 1. The number of pyridine rings is 1. The van der Waals surface area contributed by atoms with Crippen LogP contribution in [0, 0.1) is 5.21 Å². The molecular weight excluding hydrogens is 190 g/mol. The molecule has 0 atom stereocenters. The normalized spacial score (nSPS) is 10.7. The molecule has 1 aromatic heterocycles. The summed E-state index contributed by atoms with van der Waals surface area (Å²) in [6.45, 7) is 2.01. The predicted octanol–water partition coefficient (Wildman–Crippen LogP) is 2.13. The molecule has 0 aliphatic carbocycles. The average Bonchev–Trinajstić information content (AvgIpc) is 2.26. The van der Waals surface area contributed by atoms with Gasteiger partial charge in [-0.3, -0.25) is 0 Å². The second-order valence-electron chi connectivity index (χ2n) is 3.58. The Morgan fingerprint density at radius 3 is 2.80 bits per heavy atom. The van der Waals surface area contributed by atoms with Gasteiger partial charge in [0.15, 0.2) is 5.69 Å². The first-order valence-electron chi connectivity index (χ1n) is 5.07. The molecule has 0 radical (unpaired) electrons. The smallest absolute Gasteiger partial charge is 0.227 e. The van der Waals surface area contributed by atoms with E-state index < -0.39 is 0 Å². The van der Waals surface area contributed by atoms with Gasteiger partial charge in [0.05, 0.1) is 5.39 Å². The van der Waals surface area contributed by atoms with Crippen molar-refractivity contribution in [2.45, 2.75) is 19.8 Å². The van der Waals surface area contributed by atoms with Crippen LogP contribution in [0.5, 0.6) is 5.75 Å². The fourth-order valence-electron chi connectivity index (χ4n) is 1.75. The van der Waals surface area contributed by atoms with Gasteiger partial charge in [-0.05, 0) is 12.5 Å². The van der Waals surface area contributed by atoms with Crippen molar-refractivity contribution in [3.05, 3.63) is 41.2 Å². The minimum atomic E-state index is 0.182. The summed E-state index contributed by atoms with van der Waals surface area (Å²) in [4.78, 5) is 0. The van der Waals surface area contributed by atoms with E-state index in [1.165, 1.54) is 0 Å². The third kappa shape index (κ3) is 1.61. The van der Waals surface area contributed by atoms with Gasteiger partial charge in [-0.1, -0.05) is 19.1 Å². The maximum Gasteiger partial charge on any atom is 0.227 e. The molecule has 0 bridgehead atoms. The molecule has 1 N–H and O–H groups in total. The van der Waals surface area contributed by atoms with Gasteiger partial charge < -0.3 is 10.3 Å². The van der Waals surface area contributed by atoms with Gasteiger partial charge in [0.2, 0.25) is 5.52 Å². The van der Waals surface area contributed by atoms with Gasteiger partial charge in [0.1, 0.15) is 5.75 Å². The number of fused-ring (bicyclic) bond motifs is 1. The minimum Gasteiger partial charge on any atom is -0.618 e. The zero-order valence-electron chi connectivity index (χ0n) is 8.60. The number of aromatic hydroxyl groups is 1. The summed E-state index contributed by atoms with van der Waals surface area (Å²) >= 11 is 0. The van der Waals surface area contributed by atoms with Crippen LogP contribution in [0.25, 0.3) is 10.9 Å². The quantitative estimate of drug-likeness (QED) is 0.600. The Balaban J connectivity index is 2.72. The Kier molecular flexibility index (Phi) is 2.46. The summed E-state index contributed by atoms with van der Waals surface area (Å²) in [7, 11) is 0. The number of hydrogen-bond acceptors (Lipinski definition) is 2. The number of benzene rings is 1. The zero-order chi connectivity index (χ0) is 10.8. The molecule has 0 saturated carbocycles. The van der Waals surface area contributed by atoms with Crippen LogP contribution in [0.1, 0.15) is 19.0 Å². The number of aromatic nitrogens is 1. The highest BCUT2D eigenvalue weighted by Gasteiger charge is 2.13. The fourth-order valence-corrected chi connectivity index (χ4v) is 1.75. The minimum absolute atomic E-state index is 0.182. The maximum absolute atomic E-state index is 11.9. The van der Waals surface area contributed by atoms with Gasteiger partial charge in [-0.2, -0.15) is 4.73 Å². The van der Waals surface area contributed by atoms with Crippen molar-refractivity contribution >= 4 is 10.9 Å². The zero-order valence-corrected chi connectivity index (χ0v) is 8.60. The van der Waals surface area contributed by atoms with Crippen molar-refractivity contribution in [1.29, 1.82) is 0 Å². The second-order valence-corrected chi connectivity index (χ2v) is 3.58. The molecular formula is C12H13NO2. The Hall–Kier alpha value is -1.77. The first-order chi connectivity index (χ1) is 7.24. The van der Waals surface area contributed by atoms with E-state index in [4.69, 9.17) is 0 Å². The summed E-state index contributed by atoms with van der Waals surface area (Å²) < 4.78 is 0.901. The van der Waals surface area contributed by atoms with Crippen LogP contribution in [-0.2, 0) is 6.42 Å². The van der Waals surface area contributed by atoms with Crippen LogP contribution >= 0.6 is 0 Å². The SMILES string of the molecule is CCCc1cc(O)c2ccccc2[n+]1[O-]. The van der Waals surface area contributed by atoms with Crippen molar-refractivity contribution in [1.82, 2.24) is 0 Å². The molecule has 15 heavy (non-hydrogen) atoms. The fraction of sp³-hybridized carbons (Fsp3) is 0.250. The summed E-state index contributed by atoms with van der Waals surface area (Å²) in [5.41, 5.74) is 1.15. The van der Waals surface area contributed by atoms with Crippen LogP contribution in [0.4, 0.5) is 0 Å². The molecule has 1 heterocycles. The van der Waals surface area contributed by atoms with Gasteiger partial charge in [0, 0.05) is 18.6 Å². The van der Waals surface area contributed by atoms with Crippen molar-refractivity contribution in [3.8, 4) is 5.75 Å². The largest absolute Gasteiger partial charge is 0.618 e. The average molecular weight is 203 g/mol. The summed E-state index contributed by atoms with van der Waals surface area (Å²) in [5.74, 6) is 0.182. The van der Waals surface area contributed by atoms with Gasteiger partial charge in [0.25, 0.3) is 0 Å². The van der Waals surface area contributed by atoms with Crippen LogP contribution < -0.4 is 4.73 Å². The molecule has 0 amide bonds. The van der Waals surface area contributed by atoms with E-state index in [9.17, 15) is 10.3 Å². The Morgan fingerprint density at radius 2 is 2.07 bits per heavy atom. The molecule has 0 unspecified atom stereocenters. The molecule has 0 aliphatic heterocycles. The van der Waals surface area contributed by atoms with Crippen molar-refractivity contribution in [2.75, 3.05) is 0 Å². The maximum atomic E-state index is 11.9. The molecule has 3 heteroatoms. The van der Waals surface area contributed by atoms with E-state index in [-0.39, 0.29) is 5.75 Å². The first kappa shape index (κ1) is 9.77. The lowest BCUT2D eigenvalue weighted by Crippen LogP contribution is -2.32. The van der Waals surface area contributed by atoms with E-state index in [1.54, 1.807) is 24.3 Å². The van der Waals surface area contributed by atoms with E-state index in [0.717, 1.165) is 11.2 Å².